The minimum absolute atomic E-state index is 0.631. The van der Waals surface area contributed by atoms with E-state index in [0.717, 1.165) is 61.1 Å². The summed E-state index contributed by atoms with van der Waals surface area (Å²) in [6.45, 7) is 0. The molecule has 0 spiro atoms. The maximum absolute atomic E-state index is 6.78. The molecule has 0 N–H and O–H groups in total. The first kappa shape index (κ1) is 32.0. The van der Waals surface area contributed by atoms with Crippen LogP contribution >= 0.6 is 11.3 Å². The first-order chi connectivity index (χ1) is 28.3. The molecule has 0 atom stereocenters. The van der Waals surface area contributed by atoms with Crippen molar-refractivity contribution < 1.29 is 4.42 Å². The number of nitrogens with zero attached hydrogens (tertiary/aromatic N) is 3. The molecule has 0 bridgehead atoms. The lowest BCUT2D eigenvalue weighted by Gasteiger charge is -2.10. The van der Waals surface area contributed by atoms with Crippen molar-refractivity contribution >= 4 is 75.3 Å². The van der Waals surface area contributed by atoms with Gasteiger partial charge in [0.1, 0.15) is 11.2 Å². The fraction of sp³-hybridized carbons (Fsp3) is 0. The third-order valence-corrected chi connectivity index (χ3v) is 12.4. The third-order valence-electron chi connectivity index (χ3n) is 11.2. The van der Waals surface area contributed by atoms with Crippen molar-refractivity contribution in [1.29, 1.82) is 0 Å². The smallest absolute Gasteiger partial charge is 0.164 e. The Balaban J connectivity index is 1.03. The van der Waals surface area contributed by atoms with Crippen LogP contribution in [0.15, 0.2) is 192 Å². The summed E-state index contributed by atoms with van der Waals surface area (Å²) >= 11 is 1.86. The highest BCUT2D eigenvalue weighted by atomic mass is 32.1. The Morgan fingerprint density at radius 3 is 1.75 bits per heavy atom. The average molecular weight is 746 g/mol. The van der Waals surface area contributed by atoms with Crippen LogP contribution in [0.3, 0.4) is 0 Å². The number of aromatic nitrogens is 3. The Bertz CT molecular complexity index is 3410. The molecular formula is C52H31N3OS. The number of benzene rings is 8. The molecule has 5 heteroatoms. The minimum Gasteiger partial charge on any atom is -0.455 e. The molecule has 0 saturated heterocycles. The van der Waals surface area contributed by atoms with Crippen molar-refractivity contribution in [2.24, 2.45) is 0 Å². The second-order valence-electron chi connectivity index (χ2n) is 14.5. The summed E-state index contributed by atoms with van der Waals surface area (Å²) in [6, 6.07) is 66.4. The Kier molecular flexibility index (Phi) is 7.06. The summed E-state index contributed by atoms with van der Waals surface area (Å²) in [7, 11) is 0. The van der Waals surface area contributed by atoms with Crippen LogP contribution in [0.4, 0.5) is 0 Å². The van der Waals surface area contributed by atoms with Gasteiger partial charge in [0.25, 0.3) is 0 Å². The molecule has 4 nitrogen and oxygen atoms in total. The molecule has 8 aromatic carbocycles. The maximum Gasteiger partial charge on any atom is 0.164 e. The molecule has 4 heterocycles. The van der Waals surface area contributed by atoms with Crippen molar-refractivity contribution in [1.82, 2.24) is 14.5 Å². The molecule has 0 aliphatic rings. The molecule has 0 fully saturated rings. The first-order valence-corrected chi connectivity index (χ1v) is 20.0. The number of fused-ring (bicyclic) bond motifs is 9. The summed E-state index contributed by atoms with van der Waals surface area (Å²) in [5.74, 6) is 0.631. The lowest BCUT2D eigenvalue weighted by atomic mass is 9.97. The monoisotopic (exact) mass is 745 g/mol. The standard InChI is InChI=1S/C52H31N3OS/c1-3-14-32(15-4-1)42-31-43(33-16-5-2-6-17-33)54-52(53-42)40-23-11-22-39-49-35(20-13-27-47(49)56-50(39)40)34-28-29-48-41(30-34)38-21-12-26-46(51(38)57-48)55-44-24-9-7-18-36(44)37-19-8-10-25-45(37)55/h1-31H. The SMILES string of the molecule is c1ccc(-c2cc(-c3ccccc3)nc(-c3cccc4c3oc3cccc(-c5ccc6sc7c(-n8c9ccccc9c9ccccc98)cccc7c6c5)c34)n2)cc1. The van der Waals surface area contributed by atoms with Gasteiger partial charge in [-0.1, -0.05) is 140 Å². The van der Waals surface area contributed by atoms with E-state index in [1.54, 1.807) is 0 Å². The highest BCUT2D eigenvalue weighted by Crippen LogP contribution is 2.45. The molecule has 0 unspecified atom stereocenters. The molecule has 12 rings (SSSR count). The molecule has 0 amide bonds. The normalized spacial score (nSPS) is 11.9. The van der Waals surface area contributed by atoms with Crippen LogP contribution in [-0.4, -0.2) is 14.5 Å². The van der Waals surface area contributed by atoms with Crippen molar-refractivity contribution in [3.63, 3.8) is 0 Å². The van der Waals surface area contributed by atoms with Crippen LogP contribution in [0.5, 0.6) is 0 Å². The zero-order valence-electron chi connectivity index (χ0n) is 30.6. The Morgan fingerprint density at radius 2 is 1.04 bits per heavy atom. The van der Waals surface area contributed by atoms with Crippen molar-refractivity contribution in [2.75, 3.05) is 0 Å². The zero-order chi connectivity index (χ0) is 37.5. The van der Waals surface area contributed by atoms with Crippen LogP contribution in [-0.2, 0) is 0 Å². The van der Waals surface area contributed by atoms with Gasteiger partial charge < -0.3 is 8.98 Å². The lowest BCUT2D eigenvalue weighted by molar-refractivity contribution is 0.669. The van der Waals surface area contributed by atoms with E-state index in [2.05, 4.69) is 156 Å². The van der Waals surface area contributed by atoms with E-state index < -0.39 is 0 Å². The van der Waals surface area contributed by atoms with Crippen LogP contribution in [0.1, 0.15) is 0 Å². The second kappa shape index (κ2) is 12.6. The maximum atomic E-state index is 6.78. The second-order valence-corrected chi connectivity index (χ2v) is 15.5. The van der Waals surface area contributed by atoms with Crippen molar-refractivity contribution in [2.45, 2.75) is 0 Å². The van der Waals surface area contributed by atoms with Gasteiger partial charge in [-0.25, -0.2) is 9.97 Å². The number of hydrogen-bond donors (Lipinski definition) is 0. The molecule has 266 valence electrons. The van der Waals surface area contributed by atoms with Gasteiger partial charge in [0, 0.05) is 48.1 Å². The molecule has 0 radical (unpaired) electrons. The molecule has 57 heavy (non-hydrogen) atoms. The topological polar surface area (TPSA) is 43.9 Å². The van der Waals surface area contributed by atoms with Crippen molar-refractivity contribution in [3.05, 3.63) is 188 Å². The Hall–Kier alpha value is -7.34. The summed E-state index contributed by atoms with van der Waals surface area (Å²) in [5.41, 5.74) is 12.2. The zero-order valence-corrected chi connectivity index (χ0v) is 31.4. The summed E-state index contributed by atoms with van der Waals surface area (Å²) in [6.07, 6.45) is 0. The van der Waals surface area contributed by atoms with Crippen molar-refractivity contribution in [3.8, 4) is 50.7 Å². The van der Waals surface area contributed by atoms with E-state index in [4.69, 9.17) is 14.4 Å². The van der Waals surface area contributed by atoms with E-state index in [9.17, 15) is 0 Å². The highest BCUT2D eigenvalue weighted by Gasteiger charge is 2.21. The molecule has 4 aromatic heterocycles. The molecular weight excluding hydrogens is 715 g/mol. The average Bonchev–Trinajstić information content (AvgIpc) is 3.96. The number of rotatable bonds is 5. The van der Waals surface area contributed by atoms with Gasteiger partial charge >= 0.3 is 0 Å². The van der Waals surface area contributed by atoms with Crippen LogP contribution < -0.4 is 0 Å². The van der Waals surface area contributed by atoms with Gasteiger partial charge in [-0.2, -0.15) is 0 Å². The van der Waals surface area contributed by atoms with E-state index in [-0.39, 0.29) is 0 Å². The third kappa shape index (κ3) is 4.99. The quantitative estimate of drug-likeness (QED) is 0.176. The fourth-order valence-electron chi connectivity index (χ4n) is 8.66. The van der Waals surface area contributed by atoms with E-state index in [1.807, 2.05) is 47.7 Å². The van der Waals surface area contributed by atoms with Crippen LogP contribution in [0.25, 0.3) is 115 Å². The number of thiophene rings is 1. The van der Waals surface area contributed by atoms with Gasteiger partial charge in [-0.3, -0.25) is 0 Å². The highest BCUT2D eigenvalue weighted by molar-refractivity contribution is 7.26. The van der Waals surface area contributed by atoms with E-state index in [0.29, 0.717) is 5.82 Å². The fourth-order valence-corrected chi connectivity index (χ4v) is 9.84. The largest absolute Gasteiger partial charge is 0.455 e. The predicted octanol–water partition coefficient (Wildman–Crippen LogP) is 14.5. The summed E-state index contributed by atoms with van der Waals surface area (Å²) < 4.78 is 11.8. The van der Waals surface area contributed by atoms with Gasteiger partial charge in [0.15, 0.2) is 5.82 Å². The summed E-state index contributed by atoms with van der Waals surface area (Å²) in [4.78, 5) is 10.3. The van der Waals surface area contributed by atoms with Crippen LogP contribution in [0.2, 0.25) is 0 Å². The van der Waals surface area contributed by atoms with Gasteiger partial charge in [-0.05, 0) is 59.7 Å². The van der Waals surface area contributed by atoms with E-state index >= 15 is 0 Å². The molecule has 0 saturated carbocycles. The Labute approximate surface area is 331 Å². The van der Waals surface area contributed by atoms with Gasteiger partial charge in [-0.15, -0.1) is 11.3 Å². The van der Waals surface area contributed by atoms with Gasteiger partial charge in [0.2, 0.25) is 0 Å². The number of hydrogen-bond acceptors (Lipinski definition) is 4. The summed E-state index contributed by atoms with van der Waals surface area (Å²) in [5, 5.41) is 7.17. The molecule has 0 aliphatic carbocycles. The Morgan fingerprint density at radius 1 is 0.439 bits per heavy atom. The number of furan rings is 1. The van der Waals surface area contributed by atoms with Crippen LogP contribution in [0, 0.1) is 0 Å². The van der Waals surface area contributed by atoms with E-state index in [1.165, 1.54) is 47.7 Å². The predicted molar refractivity (Wildman–Crippen MR) is 238 cm³/mol. The molecule has 0 aliphatic heterocycles. The number of para-hydroxylation sites is 3. The lowest BCUT2D eigenvalue weighted by Crippen LogP contribution is -1.96. The molecule has 12 aromatic rings. The minimum atomic E-state index is 0.631. The first-order valence-electron chi connectivity index (χ1n) is 19.2. The van der Waals surface area contributed by atoms with Gasteiger partial charge in [0.05, 0.1) is 38.4 Å².